The maximum absolute atomic E-state index is 12.1. The van der Waals surface area contributed by atoms with Crippen LogP contribution in [0.5, 0.6) is 0 Å². The molecule has 0 aliphatic rings. The lowest BCUT2D eigenvalue weighted by molar-refractivity contribution is -0.111. The first-order valence-electron chi connectivity index (χ1n) is 5.36. The number of hydrogen-bond acceptors (Lipinski definition) is 2. The summed E-state index contributed by atoms with van der Waals surface area (Å²) in [5.74, 6) is 0. The molecule has 0 aliphatic carbocycles. The van der Waals surface area contributed by atoms with Crippen LogP contribution >= 0.6 is 11.6 Å². The Hall–Kier alpha value is -1.09. The third-order valence-corrected chi connectivity index (χ3v) is 2.89. The van der Waals surface area contributed by atoms with Gasteiger partial charge in [-0.2, -0.15) is 0 Å². The van der Waals surface area contributed by atoms with Crippen molar-refractivity contribution in [2.75, 3.05) is 0 Å². The molecule has 0 aromatic carbocycles. The van der Waals surface area contributed by atoms with Gasteiger partial charge in [0, 0.05) is 17.3 Å². The zero-order chi connectivity index (χ0) is 12.3. The van der Waals surface area contributed by atoms with Crippen LogP contribution in [-0.2, 0) is 11.2 Å². The van der Waals surface area contributed by atoms with Gasteiger partial charge in [0.1, 0.15) is 0 Å². The van der Waals surface area contributed by atoms with Gasteiger partial charge in [0.25, 0.3) is 5.56 Å². The van der Waals surface area contributed by atoms with Crippen LogP contribution in [0.3, 0.4) is 0 Å². The second-order valence-corrected chi connectivity index (χ2v) is 4.39. The molecule has 0 fully saturated rings. The molecule has 1 atom stereocenters. The summed E-state index contributed by atoms with van der Waals surface area (Å²) in [5, 5.41) is -0.503. The van der Waals surface area contributed by atoms with Crippen molar-refractivity contribution < 1.29 is 4.79 Å². The number of carbonyl (C=O) groups excluding carboxylic acids is 1. The molecule has 1 aromatic heterocycles. The highest BCUT2D eigenvalue weighted by Crippen LogP contribution is 2.11. The Kier molecular flexibility index (Phi) is 4.30. The monoisotopic (exact) mass is 241 g/mol. The Bertz CT molecular complexity index is 451. The first kappa shape index (κ1) is 13.0. The lowest BCUT2D eigenvalue weighted by Gasteiger charge is -2.17. The van der Waals surface area contributed by atoms with Crippen LogP contribution in [0, 0.1) is 6.92 Å². The van der Waals surface area contributed by atoms with Crippen molar-refractivity contribution >= 4 is 16.8 Å². The smallest absolute Gasteiger partial charge is 0.254 e. The highest BCUT2D eigenvalue weighted by molar-refractivity contribution is 6.63. The molecule has 0 radical (unpaired) electrons. The molecule has 1 aromatic rings. The first-order valence-corrected chi connectivity index (χ1v) is 5.74. The summed E-state index contributed by atoms with van der Waals surface area (Å²) in [4.78, 5) is 22.9. The number of aromatic nitrogens is 1. The van der Waals surface area contributed by atoms with E-state index in [1.165, 1.54) is 0 Å². The van der Waals surface area contributed by atoms with E-state index in [0.29, 0.717) is 5.56 Å². The summed E-state index contributed by atoms with van der Waals surface area (Å²) in [6.07, 6.45) is 0.871. The van der Waals surface area contributed by atoms with E-state index in [1.54, 1.807) is 10.6 Å². The largest absolute Gasteiger partial charge is 0.310 e. The van der Waals surface area contributed by atoms with Gasteiger partial charge in [-0.3, -0.25) is 9.59 Å². The summed E-state index contributed by atoms with van der Waals surface area (Å²) in [6.45, 7) is 5.90. The summed E-state index contributed by atoms with van der Waals surface area (Å²) in [7, 11) is 0. The Labute approximate surface area is 100 Å². The number of hydrogen-bond donors (Lipinski definition) is 0. The van der Waals surface area contributed by atoms with Gasteiger partial charge in [-0.25, -0.2) is 0 Å². The molecule has 0 saturated carbocycles. The molecule has 1 rings (SSSR count). The van der Waals surface area contributed by atoms with Crippen LogP contribution in [-0.4, -0.2) is 9.81 Å². The van der Waals surface area contributed by atoms with Crippen molar-refractivity contribution in [2.24, 2.45) is 0 Å². The number of halogens is 1. The van der Waals surface area contributed by atoms with E-state index in [0.717, 1.165) is 12.1 Å². The van der Waals surface area contributed by atoms with E-state index in [4.69, 9.17) is 11.6 Å². The van der Waals surface area contributed by atoms with Crippen LogP contribution in [0.1, 0.15) is 37.6 Å². The topological polar surface area (TPSA) is 39.1 Å². The number of pyridine rings is 1. The minimum Gasteiger partial charge on any atom is -0.310 e. The summed E-state index contributed by atoms with van der Waals surface area (Å²) >= 11 is 5.30. The second kappa shape index (κ2) is 5.30. The third kappa shape index (κ3) is 2.73. The molecule has 1 unspecified atom stereocenters. The van der Waals surface area contributed by atoms with Gasteiger partial charge in [0.2, 0.25) is 5.24 Å². The van der Waals surface area contributed by atoms with E-state index in [9.17, 15) is 9.59 Å². The van der Waals surface area contributed by atoms with Crippen LogP contribution in [0.4, 0.5) is 0 Å². The maximum Gasteiger partial charge on any atom is 0.254 e. The van der Waals surface area contributed by atoms with Gasteiger partial charge < -0.3 is 4.57 Å². The van der Waals surface area contributed by atoms with Crippen molar-refractivity contribution in [1.82, 2.24) is 4.57 Å². The van der Waals surface area contributed by atoms with Gasteiger partial charge in [-0.1, -0.05) is 13.0 Å². The molecular formula is C12H16ClNO2. The molecule has 1 heterocycles. The van der Waals surface area contributed by atoms with Crippen molar-refractivity contribution in [1.29, 1.82) is 0 Å². The Morgan fingerprint density at radius 2 is 2.12 bits per heavy atom. The molecule has 0 aliphatic heterocycles. The Balaban J connectivity index is 3.27. The predicted molar refractivity (Wildman–Crippen MR) is 65.0 cm³/mol. The minimum absolute atomic E-state index is 0.00287. The highest BCUT2D eigenvalue weighted by atomic mass is 35.5. The highest BCUT2D eigenvalue weighted by Gasteiger charge is 2.12. The lowest BCUT2D eigenvalue weighted by atomic mass is 10.1. The number of carbonyl (C=O) groups is 1. The molecule has 0 N–H and O–H groups in total. The van der Waals surface area contributed by atoms with Crippen LogP contribution in [0.25, 0.3) is 0 Å². The lowest BCUT2D eigenvalue weighted by Crippen LogP contribution is -2.28. The molecule has 0 saturated heterocycles. The summed E-state index contributed by atoms with van der Waals surface area (Å²) < 4.78 is 1.72. The number of rotatable bonds is 4. The summed E-state index contributed by atoms with van der Waals surface area (Å²) in [6, 6.07) is 3.66. The minimum atomic E-state index is -0.503. The van der Waals surface area contributed by atoms with Gasteiger partial charge >= 0.3 is 0 Å². The second-order valence-electron chi connectivity index (χ2n) is 3.96. The third-order valence-electron chi connectivity index (χ3n) is 2.76. The van der Waals surface area contributed by atoms with Crippen molar-refractivity contribution in [3.05, 3.63) is 33.7 Å². The standard InChI is InChI=1S/C12H16ClNO2/c1-4-8(2)14-9(3)5-6-10(12(14)16)7-11(13)15/h5-6,8H,4,7H2,1-3H3. The van der Waals surface area contributed by atoms with Crippen molar-refractivity contribution in [3.8, 4) is 0 Å². The van der Waals surface area contributed by atoms with Gasteiger partial charge in [0.05, 0.1) is 6.42 Å². The van der Waals surface area contributed by atoms with Gasteiger partial charge in [-0.05, 0) is 37.9 Å². The SMILES string of the molecule is CCC(C)n1c(C)ccc(CC(=O)Cl)c1=O. The van der Waals surface area contributed by atoms with Crippen LogP contribution in [0.2, 0.25) is 0 Å². The Morgan fingerprint density at radius 1 is 1.50 bits per heavy atom. The van der Waals surface area contributed by atoms with E-state index in [2.05, 4.69) is 0 Å². The molecule has 16 heavy (non-hydrogen) atoms. The molecule has 0 bridgehead atoms. The maximum atomic E-state index is 12.1. The fourth-order valence-corrected chi connectivity index (χ4v) is 1.85. The average molecular weight is 242 g/mol. The molecule has 3 nitrogen and oxygen atoms in total. The Morgan fingerprint density at radius 3 is 2.62 bits per heavy atom. The van der Waals surface area contributed by atoms with Crippen LogP contribution in [0.15, 0.2) is 16.9 Å². The molecular weight excluding hydrogens is 226 g/mol. The van der Waals surface area contributed by atoms with Crippen molar-refractivity contribution in [2.45, 2.75) is 39.7 Å². The molecule has 0 spiro atoms. The molecule has 88 valence electrons. The van der Waals surface area contributed by atoms with E-state index in [-0.39, 0.29) is 18.0 Å². The fraction of sp³-hybridized carbons (Fsp3) is 0.500. The van der Waals surface area contributed by atoms with Crippen LogP contribution < -0.4 is 5.56 Å². The quantitative estimate of drug-likeness (QED) is 0.760. The zero-order valence-corrected chi connectivity index (χ0v) is 10.5. The molecule has 4 heteroatoms. The van der Waals surface area contributed by atoms with E-state index in [1.807, 2.05) is 26.8 Å². The normalized spacial score (nSPS) is 12.5. The van der Waals surface area contributed by atoms with Gasteiger partial charge in [0.15, 0.2) is 0 Å². The fourth-order valence-electron chi connectivity index (χ4n) is 1.70. The van der Waals surface area contributed by atoms with E-state index < -0.39 is 5.24 Å². The number of nitrogens with zero attached hydrogens (tertiary/aromatic N) is 1. The summed E-state index contributed by atoms with van der Waals surface area (Å²) in [5.41, 5.74) is 1.26. The van der Waals surface area contributed by atoms with Gasteiger partial charge in [-0.15, -0.1) is 0 Å². The zero-order valence-electron chi connectivity index (χ0n) is 9.79. The predicted octanol–water partition coefficient (Wildman–Crippen LogP) is 2.44. The van der Waals surface area contributed by atoms with E-state index >= 15 is 0 Å². The van der Waals surface area contributed by atoms with Crippen molar-refractivity contribution in [3.63, 3.8) is 0 Å². The number of aryl methyl sites for hydroxylation is 1. The average Bonchev–Trinajstić information content (AvgIpc) is 2.21. The first-order chi connectivity index (χ1) is 7.47. The molecule has 0 amide bonds.